The van der Waals surface area contributed by atoms with Crippen LogP contribution in [0.25, 0.3) is 0 Å². The van der Waals surface area contributed by atoms with E-state index in [0.717, 1.165) is 11.5 Å². The van der Waals surface area contributed by atoms with Gasteiger partial charge < -0.3 is 4.74 Å². The van der Waals surface area contributed by atoms with Crippen LogP contribution in [0.2, 0.25) is 0 Å². The van der Waals surface area contributed by atoms with E-state index in [1.54, 1.807) is 18.2 Å². The number of nitrogens with two attached hydrogens (primary N) is 1. The van der Waals surface area contributed by atoms with Crippen molar-refractivity contribution < 1.29 is 9.53 Å². The summed E-state index contributed by atoms with van der Waals surface area (Å²) in [6, 6.07) is 7.10. The van der Waals surface area contributed by atoms with Crippen LogP contribution in [0.4, 0.5) is 0 Å². The van der Waals surface area contributed by atoms with E-state index in [-0.39, 0.29) is 5.91 Å². The Morgan fingerprint density at radius 2 is 2.17 bits per heavy atom. The number of benzene rings is 1. The Hall–Kier alpha value is -1.20. The molecule has 0 aliphatic carbocycles. The van der Waals surface area contributed by atoms with Crippen LogP contribution >= 0.6 is 11.8 Å². The average molecular weight is 268 g/mol. The highest BCUT2D eigenvalue weighted by Gasteiger charge is 2.09. The lowest BCUT2D eigenvalue weighted by Gasteiger charge is -2.10. The number of rotatable bonds is 8. The molecule has 0 saturated carbocycles. The van der Waals surface area contributed by atoms with Crippen molar-refractivity contribution in [3.63, 3.8) is 0 Å². The summed E-state index contributed by atoms with van der Waals surface area (Å²) in [6.45, 7) is 2.78. The molecular formula is C13H20N2O2S. The van der Waals surface area contributed by atoms with Crippen molar-refractivity contribution >= 4 is 17.7 Å². The van der Waals surface area contributed by atoms with Crippen LogP contribution in [0.5, 0.6) is 5.75 Å². The summed E-state index contributed by atoms with van der Waals surface area (Å²) < 4.78 is 5.60. The second kappa shape index (κ2) is 8.83. The van der Waals surface area contributed by atoms with Gasteiger partial charge in [0.05, 0.1) is 12.2 Å². The topological polar surface area (TPSA) is 64.3 Å². The molecule has 0 bridgehead atoms. The summed E-state index contributed by atoms with van der Waals surface area (Å²) >= 11 is 1.87. The van der Waals surface area contributed by atoms with Gasteiger partial charge in [-0.1, -0.05) is 25.5 Å². The number of carbonyl (C=O) groups excluding carboxylic acids is 1. The minimum absolute atomic E-state index is 0.329. The fourth-order valence-corrected chi connectivity index (χ4v) is 2.31. The molecule has 5 heteroatoms. The van der Waals surface area contributed by atoms with E-state index in [0.29, 0.717) is 17.9 Å². The molecule has 0 saturated heterocycles. The Morgan fingerprint density at radius 1 is 1.39 bits per heavy atom. The number of nitrogen functional groups attached to an aromatic ring is 1. The molecule has 4 nitrogen and oxygen atoms in total. The molecule has 1 aromatic carbocycles. The molecule has 0 fully saturated rings. The first-order chi connectivity index (χ1) is 8.79. The van der Waals surface area contributed by atoms with Gasteiger partial charge in [0.2, 0.25) is 0 Å². The summed E-state index contributed by atoms with van der Waals surface area (Å²) in [4.78, 5) is 11.5. The van der Waals surface area contributed by atoms with Crippen molar-refractivity contribution in [1.82, 2.24) is 5.43 Å². The molecule has 3 N–H and O–H groups in total. The third kappa shape index (κ3) is 4.98. The first-order valence-corrected chi connectivity index (χ1v) is 7.25. The second-order valence-electron chi connectivity index (χ2n) is 3.78. The molecule has 1 amide bonds. The molecule has 1 aromatic rings. The fraction of sp³-hybridized carbons (Fsp3) is 0.462. The van der Waals surface area contributed by atoms with Crippen LogP contribution in [0.3, 0.4) is 0 Å². The number of hydrogen-bond acceptors (Lipinski definition) is 4. The molecule has 0 aliphatic heterocycles. The highest BCUT2D eigenvalue weighted by molar-refractivity contribution is 7.99. The van der Waals surface area contributed by atoms with Crippen LogP contribution in [-0.4, -0.2) is 24.0 Å². The van der Waals surface area contributed by atoms with Crippen molar-refractivity contribution in [2.75, 3.05) is 18.1 Å². The van der Waals surface area contributed by atoms with Gasteiger partial charge in [-0.25, -0.2) is 5.84 Å². The van der Waals surface area contributed by atoms with Gasteiger partial charge in [0.15, 0.2) is 0 Å². The first-order valence-electron chi connectivity index (χ1n) is 6.10. The number of para-hydroxylation sites is 1. The SMILES string of the molecule is CCCCSCCOc1ccccc1C(=O)NN. The van der Waals surface area contributed by atoms with Gasteiger partial charge in [0.1, 0.15) is 5.75 Å². The van der Waals surface area contributed by atoms with Gasteiger partial charge in [-0.2, -0.15) is 11.8 Å². The standard InChI is InChI=1S/C13H20N2O2S/c1-2-3-9-18-10-8-17-12-7-5-4-6-11(12)13(16)15-14/h4-7H,2-3,8-10,14H2,1H3,(H,15,16). The molecule has 0 heterocycles. The Morgan fingerprint density at radius 3 is 2.89 bits per heavy atom. The molecule has 0 aliphatic rings. The monoisotopic (exact) mass is 268 g/mol. The highest BCUT2D eigenvalue weighted by atomic mass is 32.2. The number of unbranched alkanes of at least 4 members (excludes halogenated alkanes) is 1. The lowest BCUT2D eigenvalue weighted by molar-refractivity contribution is 0.0950. The summed E-state index contributed by atoms with van der Waals surface area (Å²) in [6.07, 6.45) is 2.45. The zero-order chi connectivity index (χ0) is 13.2. The van der Waals surface area contributed by atoms with E-state index in [4.69, 9.17) is 10.6 Å². The minimum Gasteiger partial charge on any atom is -0.492 e. The minimum atomic E-state index is -0.329. The third-order valence-electron chi connectivity index (χ3n) is 2.39. The number of carbonyl (C=O) groups is 1. The molecule has 0 radical (unpaired) electrons. The number of hydrazine groups is 1. The fourth-order valence-electron chi connectivity index (χ4n) is 1.42. The zero-order valence-electron chi connectivity index (χ0n) is 10.6. The molecule has 0 spiro atoms. The quantitative estimate of drug-likeness (QED) is 0.328. The molecule has 0 unspecified atom stereocenters. The largest absolute Gasteiger partial charge is 0.492 e. The highest BCUT2D eigenvalue weighted by Crippen LogP contribution is 2.18. The molecule has 18 heavy (non-hydrogen) atoms. The van der Waals surface area contributed by atoms with Crippen molar-refractivity contribution in [2.45, 2.75) is 19.8 Å². The van der Waals surface area contributed by atoms with Gasteiger partial charge >= 0.3 is 0 Å². The predicted octanol–water partition coefficient (Wildman–Crippen LogP) is 2.20. The molecule has 0 aromatic heterocycles. The van der Waals surface area contributed by atoms with Gasteiger partial charge in [-0.05, 0) is 24.3 Å². The van der Waals surface area contributed by atoms with E-state index in [1.807, 2.05) is 17.8 Å². The van der Waals surface area contributed by atoms with Crippen LogP contribution in [0.1, 0.15) is 30.1 Å². The average Bonchev–Trinajstić information content (AvgIpc) is 2.42. The zero-order valence-corrected chi connectivity index (χ0v) is 11.5. The number of amides is 1. The predicted molar refractivity (Wildman–Crippen MR) is 75.8 cm³/mol. The molecular weight excluding hydrogens is 248 g/mol. The molecule has 0 atom stereocenters. The molecule has 100 valence electrons. The smallest absolute Gasteiger partial charge is 0.268 e. The van der Waals surface area contributed by atoms with Gasteiger partial charge in [-0.3, -0.25) is 10.2 Å². The number of thioether (sulfide) groups is 1. The van der Waals surface area contributed by atoms with Crippen LogP contribution in [0, 0.1) is 0 Å². The maximum Gasteiger partial charge on any atom is 0.268 e. The van der Waals surface area contributed by atoms with Gasteiger partial charge in [0.25, 0.3) is 5.91 Å². The molecule has 1 rings (SSSR count). The second-order valence-corrected chi connectivity index (χ2v) is 5.01. The van der Waals surface area contributed by atoms with Gasteiger partial charge in [0, 0.05) is 5.75 Å². The van der Waals surface area contributed by atoms with Crippen LogP contribution in [0.15, 0.2) is 24.3 Å². The number of nitrogens with one attached hydrogen (secondary N) is 1. The summed E-state index contributed by atoms with van der Waals surface area (Å²) in [5, 5.41) is 0. The number of hydrogen-bond donors (Lipinski definition) is 2. The summed E-state index contributed by atoms with van der Waals surface area (Å²) in [5.74, 6) is 7.46. The summed E-state index contributed by atoms with van der Waals surface area (Å²) in [7, 11) is 0. The van der Waals surface area contributed by atoms with Gasteiger partial charge in [-0.15, -0.1) is 0 Å². The number of ether oxygens (including phenoxy) is 1. The van der Waals surface area contributed by atoms with Crippen molar-refractivity contribution in [1.29, 1.82) is 0 Å². The van der Waals surface area contributed by atoms with Crippen LogP contribution < -0.4 is 16.0 Å². The van der Waals surface area contributed by atoms with Crippen molar-refractivity contribution in [3.05, 3.63) is 29.8 Å². The van der Waals surface area contributed by atoms with Crippen molar-refractivity contribution in [3.8, 4) is 5.75 Å². The van der Waals surface area contributed by atoms with Crippen LogP contribution in [-0.2, 0) is 0 Å². The lowest BCUT2D eigenvalue weighted by Crippen LogP contribution is -2.30. The Bertz CT molecular complexity index is 372. The van der Waals surface area contributed by atoms with E-state index < -0.39 is 0 Å². The Kier molecular flexibility index (Phi) is 7.29. The lowest BCUT2D eigenvalue weighted by atomic mass is 10.2. The van der Waals surface area contributed by atoms with Crippen molar-refractivity contribution in [2.24, 2.45) is 5.84 Å². The Balaban J connectivity index is 2.39. The van der Waals surface area contributed by atoms with E-state index in [9.17, 15) is 4.79 Å². The maximum atomic E-state index is 11.5. The van der Waals surface area contributed by atoms with E-state index in [1.165, 1.54) is 12.8 Å². The normalized spacial score (nSPS) is 10.1. The summed E-state index contributed by atoms with van der Waals surface area (Å²) in [5.41, 5.74) is 2.59. The van der Waals surface area contributed by atoms with E-state index >= 15 is 0 Å². The van der Waals surface area contributed by atoms with E-state index in [2.05, 4.69) is 12.3 Å². The first kappa shape index (κ1) is 14.9. The maximum absolute atomic E-state index is 11.5. The third-order valence-corrected chi connectivity index (χ3v) is 3.42. The Labute approximate surface area is 112 Å².